The van der Waals surface area contributed by atoms with Gasteiger partial charge in [0, 0.05) is 10.3 Å². The maximum absolute atomic E-state index is 10.1. The number of thiophene rings is 1. The maximum Gasteiger partial charge on any atom is 0.124 e. The zero-order valence-electron chi connectivity index (χ0n) is 11.7. The van der Waals surface area contributed by atoms with Gasteiger partial charge in [-0.15, -0.1) is 21.6 Å². The highest BCUT2D eigenvalue weighted by Crippen LogP contribution is 2.42. The van der Waals surface area contributed by atoms with Gasteiger partial charge in [0.15, 0.2) is 0 Å². The molecule has 0 atom stereocenters. The molecule has 3 aromatic rings. The van der Waals surface area contributed by atoms with Gasteiger partial charge in [-0.2, -0.15) is 10.2 Å². The molecule has 6 heteroatoms. The minimum absolute atomic E-state index is 0.302. The van der Waals surface area contributed by atoms with Crippen molar-refractivity contribution < 1.29 is 5.11 Å². The first-order valence-electron chi connectivity index (χ1n) is 6.62. The Morgan fingerprint density at radius 1 is 1.24 bits per heavy atom. The van der Waals surface area contributed by atoms with E-state index in [0.29, 0.717) is 11.4 Å². The normalized spacial score (nSPS) is 11.5. The summed E-state index contributed by atoms with van der Waals surface area (Å²) in [6.07, 6.45) is 3.92. The summed E-state index contributed by atoms with van der Waals surface area (Å²) >= 11 is 1.62. The SMILES string of the molecule is CCc1cc(O)c2cc(C)sc2c1N=Nc1ccnnc1. The monoisotopic (exact) mass is 298 g/mol. The lowest BCUT2D eigenvalue weighted by Crippen LogP contribution is -1.82. The molecule has 0 unspecified atom stereocenters. The molecule has 0 saturated heterocycles. The first-order chi connectivity index (χ1) is 10.2. The van der Waals surface area contributed by atoms with E-state index in [0.717, 1.165) is 32.6 Å². The fourth-order valence-electron chi connectivity index (χ4n) is 2.17. The van der Waals surface area contributed by atoms with Crippen LogP contribution in [0.15, 0.2) is 40.8 Å². The Morgan fingerprint density at radius 3 is 2.81 bits per heavy atom. The smallest absolute Gasteiger partial charge is 0.124 e. The van der Waals surface area contributed by atoms with Crippen molar-refractivity contribution in [2.75, 3.05) is 0 Å². The van der Waals surface area contributed by atoms with Gasteiger partial charge < -0.3 is 5.11 Å². The molecule has 0 radical (unpaired) electrons. The van der Waals surface area contributed by atoms with Gasteiger partial charge in [0.25, 0.3) is 0 Å². The second-order valence-electron chi connectivity index (χ2n) is 4.66. The Balaban J connectivity index is 2.16. The minimum atomic E-state index is 0.302. The van der Waals surface area contributed by atoms with Crippen LogP contribution in [0.1, 0.15) is 17.4 Å². The molecule has 0 fully saturated rings. The van der Waals surface area contributed by atoms with Crippen LogP contribution in [0.4, 0.5) is 11.4 Å². The molecule has 0 aliphatic rings. The number of phenols is 1. The summed E-state index contributed by atoms with van der Waals surface area (Å²) in [5.74, 6) is 0.302. The summed E-state index contributed by atoms with van der Waals surface area (Å²) in [4.78, 5) is 1.13. The zero-order valence-corrected chi connectivity index (χ0v) is 12.6. The number of rotatable bonds is 3. The van der Waals surface area contributed by atoms with Crippen LogP contribution in [0, 0.1) is 6.92 Å². The summed E-state index contributed by atoms with van der Waals surface area (Å²) in [7, 11) is 0. The summed E-state index contributed by atoms with van der Waals surface area (Å²) in [6.45, 7) is 4.05. The van der Waals surface area contributed by atoms with Crippen molar-refractivity contribution >= 4 is 32.8 Å². The third-order valence-corrected chi connectivity index (χ3v) is 4.23. The van der Waals surface area contributed by atoms with E-state index in [4.69, 9.17) is 0 Å². The lowest BCUT2D eigenvalue weighted by atomic mass is 10.1. The second kappa shape index (κ2) is 5.57. The topological polar surface area (TPSA) is 70.7 Å². The van der Waals surface area contributed by atoms with E-state index in [9.17, 15) is 5.11 Å². The molecule has 1 aromatic carbocycles. The van der Waals surface area contributed by atoms with Crippen molar-refractivity contribution in [2.24, 2.45) is 10.2 Å². The number of nitrogens with zero attached hydrogens (tertiary/aromatic N) is 4. The molecular formula is C15H14N4OS. The largest absolute Gasteiger partial charge is 0.507 e. The Morgan fingerprint density at radius 2 is 2.10 bits per heavy atom. The minimum Gasteiger partial charge on any atom is -0.507 e. The molecule has 2 aromatic heterocycles. The summed E-state index contributed by atoms with van der Waals surface area (Å²) in [5, 5.41) is 27.1. The highest BCUT2D eigenvalue weighted by Gasteiger charge is 2.13. The van der Waals surface area contributed by atoms with Crippen molar-refractivity contribution in [1.82, 2.24) is 10.2 Å². The molecule has 0 bridgehead atoms. The number of aryl methyl sites for hydroxylation is 2. The number of azo groups is 1. The number of phenolic OH excluding ortho intramolecular Hbond substituents is 1. The first-order valence-corrected chi connectivity index (χ1v) is 7.44. The number of hydrogen-bond acceptors (Lipinski definition) is 6. The fraction of sp³-hybridized carbons (Fsp3) is 0.200. The second-order valence-corrected chi connectivity index (χ2v) is 5.91. The maximum atomic E-state index is 10.1. The predicted octanol–water partition coefficient (Wildman–Crippen LogP) is 4.68. The average Bonchev–Trinajstić information content (AvgIpc) is 2.89. The molecule has 0 spiro atoms. The van der Waals surface area contributed by atoms with Gasteiger partial charge in [-0.05, 0) is 37.1 Å². The van der Waals surface area contributed by atoms with Gasteiger partial charge in [-0.25, -0.2) is 0 Å². The Hall–Kier alpha value is -2.34. The average molecular weight is 298 g/mol. The quantitative estimate of drug-likeness (QED) is 0.713. The first kappa shape index (κ1) is 13.6. The molecule has 106 valence electrons. The summed E-state index contributed by atoms with van der Waals surface area (Å²) in [6, 6.07) is 5.49. The van der Waals surface area contributed by atoms with Crippen LogP contribution in [-0.2, 0) is 6.42 Å². The van der Waals surface area contributed by atoms with Crippen LogP contribution in [0.2, 0.25) is 0 Å². The molecule has 21 heavy (non-hydrogen) atoms. The Kier molecular flexibility index (Phi) is 3.62. The molecule has 0 saturated carbocycles. The van der Waals surface area contributed by atoms with Crippen LogP contribution < -0.4 is 0 Å². The molecule has 0 aliphatic heterocycles. The van der Waals surface area contributed by atoms with Gasteiger partial charge in [-0.3, -0.25) is 0 Å². The third-order valence-electron chi connectivity index (χ3n) is 3.18. The van der Waals surface area contributed by atoms with E-state index in [1.807, 2.05) is 19.9 Å². The predicted molar refractivity (Wildman–Crippen MR) is 83.8 cm³/mol. The van der Waals surface area contributed by atoms with Crippen molar-refractivity contribution in [3.05, 3.63) is 41.0 Å². The van der Waals surface area contributed by atoms with E-state index in [1.54, 1.807) is 35.9 Å². The molecule has 0 aliphatic carbocycles. The number of hydrogen-bond donors (Lipinski definition) is 1. The number of fused-ring (bicyclic) bond motifs is 1. The molecule has 5 nitrogen and oxygen atoms in total. The molecular weight excluding hydrogens is 284 g/mol. The van der Waals surface area contributed by atoms with E-state index >= 15 is 0 Å². The lowest BCUT2D eigenvalue weighted by Gasteiger charge is -2.05. The van der Waals surface area contributed by atoms with Crippen LogP contribution in [0.25, 0.3) is 10.1 Å². The van der Waals surface area contributed by atoms with Crippen LogP contribution in [0.3, 0.4) is 0 Å². The van der Waals surface area contributed by atoms with E-state index in [-0.39, 0.29) is 0 Å². The highest BCUT2D eigenvalue weighted by molar-refractivity contribution is 7.19. The molecule has 3 rings (SSSR count). The van der Waals surface area contributed by atoms with Gasteiger partial charge in [0.2, 0.25) is 0 Å². The van der Waals surface area contributed by atoms with Gasteiger partial charge >= 0.3 is 0 Å². The van der Waals surface area contributed by atoms with Crippen LogP contribution in [-0.4, -0.2) is 15.3 Å². The summed E-state index contributed by atoms with van der Waals surface area (Å²) < 4.78 is 0.968. The van der Waals surface area contributed by atoms with Gasteiger partial charge in [0.05, 0.1) is 17.1 Å². The number of aromatic nitrogens is 2. The van der Waals surface area contributed by atoms with E-state index in [2.05, 4.69) is 20.4 Å². The number of aromatic hydroxyl groups is 1. The third kappa shape index (κ3) is 2.62. The Bertz CT molecular complexity index is 811. The standard InChI is InChI=1S/C15H14N4OS/c1-3-10-7-13(20)12-6-9(2)21-15(12)14(10)19-18-11-4-5-16-17-8-11/h4-8,20H,3H2,1-2H3. The van der Waals surface area contributed by atoms with E-state index < -0.39 is 0 Å². The fourth-order valence-corrected chi connectivity index (χ4v) is 3.21. The van der Waals surface area contributed by atoms with Crippen LogP contribution >= 0.6 is 11.3 Å². The van der Waals surface area contributed by atoms with Crippen molar-refractivity contribution in [3.63, 3.8) is 0 Å². The summed E-state index contributed by atoms with van der Waals surface area (Å²) in [5.41, 5.74) is 2.45. The van der Waals surface area contributed by atoms with Crippen molar-refractivity contribution in [3.8, 4) is 5.75 Å². The van der Waals surface area contributed by atoms with Gasteiger partial charge in [-0.1, -0.05) is 6.92 Å². The highest BCUT2D eigenvalue weighted by atomic mass is 32.1. The molecule has 1 N–H and O–H groups in total. The van der Waals surface area contributed by atoms with Gasteiger partial charge in [0.1, 0.15) is 17.1 Å². The van der Waals surface area contributed by atoms with Crippen molar-refractivity contribution in [2.45, 2.75) is 20.3 Å². The van der Waals surface area contributed by atoms with E-state index in [1.165, 1.54) is 0 Å². The number of benzene rings is 1. The zero-order chi connectivity index (χ0) is 14.8. The Labute approximate surface area is 126 Å². The molecule has 0 amide bonds. The molecule has 2 heterocycles. The lowest BCUT2D eigenvalue weighted by molar-refractivity contribution is 0.481. The van der Waals surface area contributed by atoms with Crippen LogP contribution in [0.5, 0.6) is 5.75 Å². The van der Waals surface area contributed by atoms with Crippen molar-refractivity contribution in [1.29, 1.82) is 0 Å².